The molecule has 1 N–H and O–H groups in total. The number of alkyl halides is 3. The second-order valence-corrected chi connectivity index (χ2v) is 5.49. The third kappa shape index (κ3) is 4.27. The molecule has 6 heteroatoms. The van der Waals surface area contributed by atoms with Gasteiger partial charge in [-0.05, 0) is 37.2 Å². The standard InChI is InChI=1S/C18H15F3N2O/c19-18(20,21)15-3-1-2-13(8-15)4-5-14-9-17(11-22-10-14)24-12-16-6-7-23-16/h1-3,8-11,16,23H,6-7,12H2. The Kier molecular flexibility index (Phi) is 4.72. The molecule has 0 aliphatic carbocycles. The molecule has 3 rings (SSSR count). The first kappa shape index (κ1) is 16.3. The van der Waals surface area contributed by atoms with E-state index in [-0.39, 0.29) is 0 Å². The van der Waals surface area contributed by atoms with E-state index in [1.165, 1.54) is 12.1 Å². The van der Waals surface area contributed by atoms with Crippen molar-refractivity contribution in [2.45, 2.75) is 18.6 Å². The molecular weight excluding hydrogens is 317 g/mol. The number of rotatable bonds is 3. The molecule has 2 aromatic rings. The van der Waals surface area contributed by atoms with Crippen molar-refractivity contribution >= 4 is 0 Å². The quantitative estimate of drug-likeness (QED) is 0.876. The largest absolute Gasteiger partial charge is 0.490 e. The number of halogens is 3. The highest BCUT2D eigenvalue weighted by Crippen LogP contribution is 2.29. The molecule has 124 valence electrons. The fourth-order valence-corrected chi connectivity index (χ4v) is 2.17. The summed E-state index contributed by atoms with van der Waals surface area (Å²) in [4.78, 5) is 4.05. The average Bonchev–Trinajstić information content (AvgIpc) is 2.51. The number of ether oxygens (including phenoxy) is 1. The zero-order valence-electron chi connectivity index (χ0n) is 12.7. The molecule has 0 spiro atoms. The van der Waals surface area contributed by atoms with E-state index in [2.05, 4.69) is 22.1 Å². The number of benzene rings is 1. The second kappa shape index (κ2) is 6.93. The van der Waals surface area contributed by atoms with Gasteiger partial charge in [0.2, 0.25) is 0 Å². The lowest BCUT2D eigenvalue weighted by Gasteiger charge is -2.27. The summed E-state index contributed by atoms with van der Waals surface area (Å²) < 4.78 is 43.7. The minimum atomic E-state index is -4.37. The van der Waals surface area contributed by atoms with Crippen LogP contribution in [0.2, 0.25) is 0 Å². The van der Waals surface area contributed by atoms with Gasteiger partial charge in [0.05, 0.1) is 11.8 Å². The molecule has 1 fully saturated rings. The van der Waals surface area contributed by atoms with Crippen molar-refractivity contribution in [3.05, 3.63) is 59.4 Å². The highest BCUT2D eigenvalue weighted by Gasteiger charge is 2.30. The Morgan fingerprint density at radius 1 is 1.17 bits per heavy atom. The van der Waals surface area contributed by atoms with Crippen LogP contribution in [0.4, 0.5) is 13.2 Å². The summed E-state index contributed by atoms with van der Waals surface area (Å²) in [5.74, 6) is 6.15. The van der Waals surface area contributed by atoms with Gasteiger partial charge >= 0.3 is 6.18 Å². The van der Waals surface area contributed by atoms with Crippen LogP contribution in [0.5, 0.6) is 5.75 Å². The SMILES string of the molecule is FC(F)(F)c1cccc(C#Cc2cncc(OCC3CCN3)c2)c1. The predicted molar refractivity (Wildman–Crippen MR) is 83.6 cm³/mol. The van der Waals surface area contributed by atoms with E-state index in [0.29, 0.717) is 29.5 Å². The summed E-state index contributed by atoms with van der Waals surface area (Å²) in [7, 11) is 0. The predicted octanol–water partition coefficient (Wildman–Crippen LogP) is 3.24. The summed E-state index contributed by atoms with van der Waals surface area (Å²) in [6.07, 6.45) is -0.145. The van der Waals surface area contributed by atoms with Gasteiger partial charge in [-0.1, -0.05) is 17.9 Å². The van der Waals surface area contributed by atoms with Crippen LogP contribution < -0.4 is 10.1 Å². The van der Waals surface area contributed by atoms with E-state index in [1.54, 1.807) is 18.5 Å². The van der Waals surface area contributed by atoms with Gasteiger partial charge in [-0.2, -0.15) is 13.2 Å². The highest BCUT2D eigenvalue weighted by molar-refractivity contribution is 5.45. The maximum absolute atomic E-state index is 12.7. The lowest BCUT2D eigenvalue weighted by Crippen LogP contribution is -2.46. The number of hydrogen-bond donors (Lipinski definition) is 1. The smallest absolute Gasteiger partial charge is 0.416 e. The van der Waals surface area contributed by atoms with E-state index in [9.17, 15) is 13.2 Å². The number of pyridine rings is 1. The van der Waals surface area contributed by atoms with Crippen molar-refractivity contribution in [3.63, 3.8) is 0 Å². The van der Waals surface area contributed by atoms with Crippen LogP contribution in [0, 0.1) is 11.8 Å². The lowest BCUT2D eigenvalue weighted by molar-refractivity contribution is -0.137. The topological polar surface area (TPSA) is 34.1 Å². The van der Waals surface area contributed by atoms with Crippen LogP contribution in [-0.2, 0) is 6.18 Å². The second-order valence-electron chi connectivity index (χ2n) is 5.49. The van der Waals surface area contributed by atoms with Gasteiger partial charge in [0, 0.05) is 23.4 Å². The zero-order chi connectivity index (χ0) is 17.0. The lowest BCUT2D eigenvalue weighted by atomic mass is 10.1. The Hall–Kier alpha value is -2.52. The van der Waals surface area contributed by atoms with Crippen molar-refractivity contribution in [2.24, 2.45) is 0 Å². The van der Waals surface area contributed by atoms with E-state index < -0.39 is 11.7 Å². The van der Waals surface area contributed by atoms with Gasteiger partial charge in [-0.15, -0.1) is 0 Å². The van der Waals surface area contributed by atoms with Gasteiger partial charge in [0.1, 0.15) is 12.4 Å². The maximum atomic E-state index is 12.7. The Bertz CT molecular complexity index is 774. The third-order valence-electron chi connectivity index (χ3n) is 3.63. The minimum absolute atomic E-state index is 0.301. The van der Waals surface area contributed by atoms with Crippen LogP contribution in [0.3, 0.4) is 0 Å². The Morgan fingerprint density at radius 3 is 2.67 bits per heavy atom. The number of nitrogens with zero attached hydrogens (tertiary/aromatic N) is 1. The maximum Gasteiger partial charge on any atom is 0.416 e. The molecule has 0 amide bonds. The first-order valence-corrected chi connectivity index (χ1v) is 7.51. The van der Waals surface area contributed by atoms with Crippen LogP contribution >= 0.6 is 0 Å². The normalized spacial score (nSPS) is 16.7. The molecule has 1 aliphatic rings. The molecule has 1 atom stereocenters. The minimum Gasteiger partial charge on any atom is -0.490 e. The van der Waals surface area contributed by atoms with Crippen LogP contribution in [0.1, 0.15) is 23.1 Å². The van der Waals surface area contributed by atoms with E-state index in [4.69, 9.17) is 4.74 Å². The summed E-state index contributed by atoms with van der Waals surface area (Å²) in [5.41, 5.74) is 0.179. The highest BCUT2D eigenvalue weighted by atomic mass is 19.4. The molecule has 3 nitrogen and oxygen atoms in total. The van der Waals surface area contributed by atoms with Crippen molar-refractivity contribution in [1.29, 1.82) is 0 Å². The molecule has 1 unspecified atom stereocenters. The number of nitrogens with one attached hydrogen (secondary N) is 1. The van der Waals surface area contributed by atoms with Gasteiger partial charge in [-0.3, -0.25) is 4.98 Å². The van der Waals surface area contributed by atoms with Crippen molar-refractivity contribution < 1.29 is 17.9 Å². The van der Waals surface area contributed by atoms with E-state index in [1.807, 2.05) is 0 Å². The average molecular weight is 332 g/mol. The van der Waals surface area contributed by atoms with Crippen LogP contribution in [0.15, 0.2) is 42.7 Å². The van der Waals surface area contributed by atoms with Gasteiger partial charge in [0.15, 0.2) is 0 Å². The van der Waals surface area contributed by atoms with E-state index in [0.717, 1.165) is 25.1 Å². The van der Waals surface area contributed by atoms with Gasteiger partial charge in [-0.25, -0.2) is 0 Å². The molecule has 0 bridgehead atoms. The molecule has 1 aromatic carbocycles. The molecular formula is C18H15F3N2O. The van der Waals surface area contributed by atoms with Crippen LogP contribution in [0.25, 0.3) is 0 Å². The summed E-state index contributed by atoms with van der Waals surface area (Å²) >= 11 is 0. The Balaban J connectivity index is 1.71. The fraction of sp³-hybridized carbons (Fsp3) is 0.278. The van der Waals surface area contributed by atoms with Gasteiger partial charge in [0.25, 0.3) is 0 Å². The Labute approximate surface area is 137 Å². The summed E-state index contributed by atoms with van der Waals surface area (Å²) in [6, 6.07) is 7.03. The monoisotopic (exact) mass is 332 g/mol. The number of aromatic nitrogens is 1. The van der Waals surface area contributed by atoms with Crippen molar-refractivity contribution in [3.8, 4) is 17.6 Å². The fourth-order valence-electron chi connectivity index (χ4n) is 2.17. The van der Waals surface area contributed by atoms with E-state index >= 15 is 0 Å². The summed E-state index contributed by atoms with van der Waals surface area (Å²) in [6.45, 7) is 1.57. The molecule has 1 aliphatic heterocycles. The van der Waals surface area contributed by atoms with Gasteiger partial charge < -0.3 is 10.1 Å². The molecule has 0 radical (unpaired) electrons. The molecule has 24 heavy (non-hydrogen) atoms. The van der Waals surface area contributed by atoms with Crippen molar-refractivity contribution in [1.82, 2.24) is 10.3 Å². The molecule has 0 saturated carbocycles. The first-order valence-electron chi connectivity index (χ1n) is 7.51. The van der Waals surface area contributed by atoms with Crippen LogP contribution in [-0.4, -0.2) is 24.2 Å². The molecule has 1 saturated heterocycles. The summed E-state index contributed by atoms with van der Waals surface area (Å²) in [5, 5.41) is 3.23. The third-order valence-corrected chi connectivity index (χ3v) is 3.63. The first-order chi connectivity index (χ1) is 11.5. The van der Waals surface area contributed by atoms with Crippen molar-refractivity contribution in [2.75, 3.05) is 13.2 Å². The molecule has 1 aromatic heterocycles. The Morgan fingerprint density at radius 2 is 1.96 bits per heavy atom. The zero-order valence-corrected chi connectivity index (χ0v) is 12.7. The molecule has 2 heterocycles. The number of hydrogen-bond acceptors (Lipinski definition) is 3.